The van der Waals surface area contributed by atoms with Gasteiger partial charge in [0.15, 0.2) is 0 Å². The van der Waals surface area contributed by atoms with Crippen molar-refractivity contribution in [1.29, 1.82) is 0 Å². The number of ether oxygens (including phenoxy) is 2. The first-order valence-corrected chi connectivity index (χ1v) is 4.98. The van der Waals surface area contributed by atoms with Gasteiger partial charge in [-0.2, -0.15) is 0 Å². The molecule has 0 aliphatic heterocycles. The van der Waals surface area contributed by atoms with E-state index in [1.54, 1.807) is 21.1 Å². The van der Waals surface area contributed by atoms with Crippen molar-refractivity contribution in [2.75, 3.05) is 14.2 Å². The number of hydrogen-bond donors (Lipinski definition) is 1. The molecule has 3 heteroatoms. The van der Waals surface area contributed by atoms with E-state index in [1.807, 2.05) is 19.1 Å². The molecular weight excluding hydrogens is 192 g/mol. The van der Waals surface area contributed by atoms with E-state index in [0.29, 0.717) is 6.42 Å². The molecule has 1 aromatic carbocycles. The topological polar surface area (TPSA) is 38.7 Å². The number of rotatable bonds is 4. The minimum absolute atomic E-state index is 0.369. The Labute approximate surface area is 90.6 Å². The van der Waals surface area contributed by atoms with E-state index in [-0.39, 0.29) is 6.10 Å². The summed E-state index contributed by atoms with van der Waals surface area (Å²) < 4.78 is 10.5. The minimum Gasteiger partial charge on any atom is -0.496 e. The maximum Gasteiger partial charge on any atom is 0.125 e. The summed E-state index contributed by atoms with van der Waals surface area (Å²) in [6.45, 7) is 3.74. The Morgan fingerprint density at radius 1 is 1.20 bits per heavy atom. The van der Waals surface area contributed by atoms with Gasteiger partial charge >= 0.3 is 0 Å². The average molecular weight is 210 g/mol. The van der Waals surface area contributed by atoms with Crippen LogP contribution in [0.1, 0.15) is 18.1 Å². The molecule has 0 spiro atoms. The van der Waals surface area contributed by atoms with Crippen LogP contribution < -0.4 is 9.47 Å². The Morgan fingerprint density at radius 3 is 2.27 bits per heavy atom. The second-order valence-corrected chi connectivity index (χ2v) is 3.69. The van der Waals surface area contributed by atoms with E-state index in [4.69, 9.17) is 9.47 Å². The van der Waals surface area contributed by atoms with Crippen LogP contribution in [0.5, 0.6) is 11.5 Å². The smallest absolute Gasteiger partial charge is 0.125 e. The maximum absolute atomic E-state index is 9.36. The highest BCUT2D eigenvalue weighted by molar-refractivity contribution is 5.46. The van der Waals surface area contributed by atoms with E-state index in [0.717, 1.165) is 22.6 Å². The molecule has 0 fully saturated rings. The monoisotopic (exact) mass is 210 g/mol. The van der Waals surface area contributed by atoms with Gasteiger partial charge in [-0.25, -0.2) is 0 Å². The maximum atomic E-state index is 9.36. The lowest BCUT2D eigenvalue weighted by Gasteiger charge is -2.13. The molecule has 1 unspecified atom stereocenters. The van der Waals surface area contributed by atoms with Crippen molar-refractivity contribution in [2.45, 2.75) is 26.4 Å². The van der Waals surface area contributed by atoms with Crippen molar-refractivity contribution in [3.63, 3.8) is 0 Å². The van der Waals surface area contributed by atoms with Crippen molar-refractivity contribution < 1.29 is 14.6 Å². The van der Waals surface area contributed by atoms with Crippen LogP contribution >= 0.6 is 0 Å². The third-order valence-corrected chi connectivity index (χ3v) is 2.31. The number of benzene rings is 1. The van der Waals surface area contributed by atoms with Gasteiger partial charge in [0.1, 0.15) is 11.5 Å². The molecule has 0 saturated heterocycles. The minimum atomic E-state index is -0.369. The fourth-order valence-corrected chi connectivity index (χ4v) is 1.62. The van der Waals surface area contributed by atoms with Gasteiger partial charge in [-0.05, 0) is 31.0 Å². The predicted octanol–water partition coefficient (Wildman–Crippen LogP) is 1.94. The lowest BCUT2D eigenvalue weighted by Crippen LogP contribution is -2.06. The van der Waals surface area contributed by atoms with Gasteiger partial charge in [-0.1, -0.05) is 0 Å². The number of aryl methyl sites for hydroxylation is 1. The summed E-state index contributed by atoms with van der Waals surface area (Å²) >= 11 is 0. The van der Waals surface area contributed by atoms with E-state index < -0.39 is 0 Å². The van der Waals surface area contributed by atoms with Crippen LogP contribution in [0.2, 0.25) is 0 Å². The van der Waals surface area contributed by atoms with Crippen LogP contribution in [0, 0.1) is 6.92 Å². The van der Waals surface area contributed by atoms with Gasteiger partial charge in [-0.3, -0.25) is 0 Å². The van der Waals surface area contributed by atoms with Gasteiger partial charge < -0.3 is 14.6 Å². The van der Waals surface area contributed by atoms with Gasteiger partial charge in [0.25, 0.3) is 0 Å². The zero-order chi connectivity index (χ0) is 11.4. The number of aliphatic hydroxyl groups excluding tert-OH is 1. The summed E-state index contributed by atoms with van der Waals surface area (Å²) in [5, 5.41) is 9.36. The van der Waals surface area contributed by atoms with Gasteiger partial charge in [0.2, 0.25) is 0 Å². The van der Waals surface area contributed by atoms with Crippen molar-refractivity contribution in [2.24, 2.45) is 0 Å². The molecule has 1 rings (SSSR count). The van der Waals surface area contributed by atoms with Gasteiger partial charge in [0, 0.05) is 12.5 Å². The van der Waals surface area contributed by atoms with Crippen LogP contribution in [0.4, 0.5) is 0 Å². The van der Waals surface area contributed by atoms with Crippen LogP contribution in [-0.2, 0) is 6.42 Å². The summed E-state index contributed by atoms with van der Waals surface area (Å²) in [4.78, 5) is 0. The first kappa shape index (κ1) is 11.9. The molecule has 1 atom stereocenters. The Kier molecular flexibility index (Phi) is 3.97. The zero-order valence-electron chi connectivity index (χ0n) is 9.70. The summed E-state index contributed by atoms with van der Waals surface area (Å²) in [6, 6.07) is 3.84. The van der Waals surface area contributed by atoms with E-state index in [1.165, 1.54) is 0 Å². The third kappa shape index (κ3) is 2.86. The van der Waals surface area contributed by atoms with Crippen molar-refractivity contribution >= 4 is 0 Å². The molecule has 0 amide bonds. The average Bonchev–Trinajstić information content (AvgIpc) is 2.17. The van der Waals surface area contributed by atoms with E-state index >= 15 is 0 Å². The molecule has 0 aromatic heterocycles. The number of hydrogen-bond acceptors (Lipinski definition) is 3. The van der Waals surface area contributed by atoms with Crippen LogP contribution in [0.25, 0.3) is 0 Å². The molecule has 0 radical (unpaired) electrons. The summed E-state index contributed by atoms with van der Waals surface area (Å²) in [5.74, 6) is 1.57. The second kappa shape index (κ2) is 5.03. The first-order valence-electron chi connectivity index (χ1n) is 4.98. The Morgan fingerprint density at radius 2 is 1.80 bits per heavy atom. The standard InChI is InChI=1S/C12H18O3/c1-8-5-10(6-9(2)13)12(15-4)7-11(8)14-3/h5,7,9,13H,6H2,1-4H3. The van der Waals surface area contributed by atoms with Crippen LogP contribution in [-0.4, -0.2) is 25.4 Å². The van der Waals surface area contributed by atoms with Crippen molar-refractivity contribution in [3.8, 4) is 11.5 Å². The molecule has 3 nitrogen and oxygen atoms in total. The van der Waals surface area contributed by atoms with Gasteiger partial charge in [-0.15, -0.1) is 0 Å². The highest BCUT2D eigenvalue weighted by Crippen LogP contribution is 2.29. The summed E-state index contributed by atoms with van der Waals surface area (Å²) in [6.07, 6.45) is 0.222. The number of methoxy groups -OCH3 is 2. The molecule has 1 N–H and O–H groups in total. The van der Waals surface area contributed by atoms with Crippen molar-refractivity contribution in [1.82, 2.24) is 0 Å². The molecule has 0 aliphatic rings. The Bertz CT molecular complexity index is 332. The lowest BCUT2D eigenvalue weighted by molar-refractivity contribution is 0.194. The largest absolute Gasteiger partial charge is 0.496 e. The first-order chi connectivity index (χ1) is 7.08. The molecule has 1 aromatic rings. The molecule has 0 aliphatic carbocycles. The van der Waals surface area contributed by atoms with Crippen molar-refractivity contribution in [3.05, 3.63) is 23.3 Å². The molecule has 0 saturated carbocycles. The molecule has 0 bridgehead atoms. The summed E-state index contributed by atoms with van der Waals surface area (Å²) in [5.41, 5.74) is 2.06. The Balaban J connectivity index is 3.09. The Hall–Kier alpha value is -1.22. The van der Waals surface area contributed by atoms with E-state index in [9.17, 15) is 5.11 Å². The highest BCUT2D eigenvalue weighted by Gasteiger charge is 2.10. The second-order valence-electron chi connectivity index (χ2n) is 3.69. The summed E-state index contributed by atoms with van der Waals surface area (Å²) in [7, 11) is 3.26. The zero-order valence-corrected chi connectivity index (χ0v) is 9.70. The molecule has 84 valence electrons. The normalized spacial score (nSPS) is 12.3. The molecule has 15 heavy (non-hydrogen) atoms. The van der Waals surface area contributed by atoms with Crippen LogP contribution in [0.3, 0.4) is 0 Å². The lowest BCUT2D eigenvalue weighted by atomic mass is 10.0. The fourth-order valence-electron chi connectivity index (χ4n) is 1.62. The SMILES string of the molecule is COc1cc(OC)c(CC(C)O)cc1C. The quantitative estimate of drug-likeness (QED) is 0.825. The van der Waals surface area contributed by atoms with Gasteiger partial charge in [0.05, 0.1) is 20.3 Å². The molecular formula is C12H18O3. The van der Waals surface area contributed by atoms with Crippen LogP contribution in [0.15, 0.2) is 12.1 Å². The fraction of sp³-hybridized carbons (Fsp3) is 0.500. The highest BCUT2D eigenvalue weighted by atomic mass is 16.5. The number of aliphatic hydroxyl groups is 1. The predicted molar refractivity (Wildman–Crippen MR) is 59.7 cm³/mol. The van der Waals surface area contributed by atoms with E-state index in [2.05, 4.69) is 0 Å². The third-order valence-electron chi connectivity index (χ3n) is 2.31. The molecule has 0 heterocycles.